The zero-order valence-corrected chi connectivity index (χ0v) is 14.7. The van der Waals surface area contributed by atoms with E-state index in [9.17, 15) is 23.2 Å². The molecule has 8 nitrogen and oxygen atoms in total. The van der Waals surface area contributed by atoms with Crippen molar-refractivity contribution in [2.45, 2.75) is 19.4 Å². The lowest BCUT2D eigenvalue weighted by Crippen LogP contribution is -2.37. The predicted octanol–water partition coefficient (Wildman–Crippen LogP) is 1.13. The molecule has 0 saturated heterocycles. The fourth-order valence-corrected chi connectivity index (χ4v) is 2.78. The highest BCUT2D eigenvalue weighted by molar-refractivity contribution is 5.90. The lowest BCUT2D eigenvalue weighted by molar-refractivity contribution is -0.116. The Bertz CT molecular complexity index is 1150. The molecule has 0 saturated carbocycles. The summed E-state index contributed by atoms with van der Waals surface area (Å²) in [4.78, 5) is 40.3. The van der Waals surface area contributed by atoms with Crippen molar-refractivity contribution in [3.8, 4) is 0 Å². The predicted molar refractivity (Wildman–Crippen MR) is 94.4 cm³/mol. The van der Waals surface area contributed by atoms with Crippen LogP contribution in [0.5, 0.6) is 0 Å². The zero-order chi connectivity index (χ0) is 19.7. The van der Waals surface area contributed by atoms with Crippen molar-refractivity contribution in [1.82, 2.24) is 18.7 Å². The van der Waals surface area contributed by atoms with Gasteiger partial charge in [-0.3, -0.25) is 18.7 Å². The highest BCUT2D eigenvalue weighted by Gasteiger charge is 2.14. The number of halogens is 2. The number of amides is 1. The zero-order valence-electron chi connectivity index (χ0n) is 14.7. The van der Waals surface area contributed by atoms with E-state index in [1.807, 2.05) is 0 Å². The van der Waals surface area contributed by atoms with Gasteiger partial charge in [0.1, 0.15) is 11.6 Å². The molecule has 0 fully saturated rings. The Balaban J connectivity index is 1.70. The normalized spacial score (nSPS) is 11.1. The van der Waals surface area contributed by atoms with E-state index in [-0.39, 0.29) is 23.3 Å². The van der Waals surface area contributed by atoms with Crippen LogP contribution in [0.25, 0.3) is 11.2 Å². The van der Waals surface area contributed by atoms with Crippen LogP contribution in [-0.2, 0) is 25.4 Å². The fourth-order valence-electron chi connectivity index (χ4n) is 2.78. The molecule has 1 N–H and O–H groups in total. The third-order valence-electron chi connectivity index (χ3n) is 4.23. The van der Waals surface area contributed by atoms with E-state index in [0.717, 1.165) is 16.7 Å². The molecule has 3 rings (SSSR count). The van der Waals surface area contributed by atoms with Crippen molar-refractivity contribution >= 4 is 22.8 Å². The summed E-state index contributed by atoms with van der Waals surface area (Å²) in [6.07, 6.45) is 1.84. The van der Waals surface area contributed by atoms with Gasteiger partial charge in [0.25, 0.3) is 5.56 Å². The maximum Gasteiger partial charge on any atom is 0.332 e. The maximum atomic E-state index is 13.6. The molecule has 0 spiro atoms. The number of rotatable bonds is 5. The van der Waals surface area contributed by atoms with Crippen molar-refractivity contribution < 1.29 is 13.6 Å². The molecule has 1 aromatic carbocycles. The van der Waals surface area contributed by atoms with E-state index in [2.05, 4.69) is 10.3 Å². The summed E-state index contributed by atoms with van der Waals surface area (Å²) in [5, 5.41) is 2.37. The molecule has 2 heterocycles. The van der Waals surface area contributed by atoms with Gasteiger partial charge in [0.15, 0.2) is 11.2 Å². The Hall–Kier alpha value is -3.30. The number of hydrogen-bond donors (Lipinski definition) is 1. The van der Waals surface area contributed by atoms with Crippen LogP contribution in [0.15, 0.2) is 34.1 Å². The third-order valence-corrected chi connectivity index (χ3v) is 4.23. The van der Waals surface area contributed by atoms with Crippen LogP contribution in [0.4, 0.5) is 14.5 Å². The van der Waals surface area contributed by atoms with Gasteiger partial charge in [-0.05, 0) is 18.6 Å². The molecule has 0 bridgehead atoms. The van der Waals surface area contributed by atoms with Crippen LogP contribution in [-0.4, -0.2) is 24.6 Å². The summed E-state index contributed by atoms with van der Waals surface area (Å²) < 4.78 is 30.3. The standard InChI is InChI=1S/C17H17F2N5O3/c1-22-15-14(16(26)23(2)17(22)27)24(9-20-15)7-3-4-13(25)21-12-6-5-10(18)8-11(12)19/h5-6,8-9H,3-4,7H2,1-2H3,(H,21,25). The number of hydrogen-bond acceptors (Lipinski definition) is 4. The average Bonchev–Trinajstić information content (AvgIpc) is 3.04. The van der Waals surface area contributed by atoms with Crippen LogP contribution in [0.1, 0.15) is 12.8 Å². The van der Waals surface area contributed by atoms with Gasteiger partial charge in [-0.1, -0.05) is 0 Å². The minimum absolute atomic E-state index is 0.0581. The second-order valence-electron chi connectivity index (χ2n) is 6.09. The molecule has 0 unspecified atom stereocenters. The molecule has 0 radical (unpaired) electrons. The molecule has 0 aliphatic heterocycles. The first kappa shape index (κ1) is 18.5. The molecule has 142 valence electrons. The van der Waals surface area contributed by atoms with Crippen LogP contribution in [0.3, 0.4) is 0 Å². The highest BCUT2D eigenvalue weighted by Crippen LogP contribution is 2.15. The van der Waals surface area contributed by atoms with Gasteiger partial charge in [0.05, 0.1) is 12.0 Å². The van der Waals surface area contributed by atoms with Crippen LogP contribution in [0.2, 0.25) is 0 Å². The molecule has 2 aromatic heterocycles. The van der Waals surface area contributed by atoms with Crippen molar-refractivity contribution in [2.24, 2.45) is 14.1 Å². The van der Waals surface area contributed by atoms with E-state index < -0.39 is 28.8 Å². The third kappa shape index (κ3) is 3.50. The number of aryl methyl sites for hydroxylation is 2. The van der Waals surface area contributed by atoms with E-state index >= 15 is 0 Å². The number of imidazole rings is 1. The van der Waals surface area contributed by atoms with E-state index in [0.29, 0.717) is 19.0 Å². The largest absolute Gasteiger partial charge is 0.332 e. The van der Waals surface area contributed by atoms with Gasteiger partial charge in [-0.25, -0.2) is 18.6 Å². The summed E-state index contributed by atoms with van der Waals surface area (Å²) in [6, 6.07) is 2.89. The number of nitrogens with zero attached hydrogens (tertiary/aromatic N) is 4. The Kier molecular flexibility index (Phi) is 4.89. The van der Waals surface area contributed by atoms with Crippen LogP contribution in [0, 0.1) is 11.6 Å². The topological polar surface area (TPSA) is 90.9 Å². The monoisotopic (exact) mass is 377 g/mol. The molecular formula is C17H17F2N5O3. The quantitative estimate of drug-likeness (QED) is 0.722. The fraction of sp³-hybridized carbons (Fsp3) is 0.294. The van der Waals surface area contributed by atoms with Crippen molar-refractivity contribution in [3.63, 3.8) is 0 Å². The minimum atomic E-state index is -0.853. The summed E-state index contributed by atoms with van der Waals surface area (Å²) in [5.41, 5.74) is -0.509. The lowest BCUT2D eigenvalue weighted by Gasteiger charge is -2.08. The van der Waals surface area contributed by atoms with E-state index in [1.54, 1.807) is 4.57 Å². The van der Waals surface area contributed by atoms with Gasteiger partial charge in [0, 0.05) is 33.1 Å². The van der Waals surface area contributed by atoms with E-state index in [4.69, 9.17) is 0 Å². The molecule has 10 heteroatoms. The van der Waals surface area contributed by atoms with Crippen LogP contribution < -0.4 is 16.6 Å². The summed E-state index contributed by atoms with van der Waals surface area (Å²) >= 11 is 0. The molecule has 3 aromatic rings. The van der Waals surface area contributed by atoms with Gasteiger partial charge in [0.2, 0.25) is 5.91 Å². The second-order valence-corrected chi connectivity index (χ2v) is 6.09. The number of aromatic nitrogens is 4. The maximum absolute atomic E-state index is 13.6. The van der Waals surface area contributed by atoms with Crippen molar-refractivity contribution in [1.29, 1.82) is 0 Å². The SMILES string of the molecule is Cn1c(=O)c2c(ncn2CCCC(=O)Nc2ccc(F)cc2F)n(C)c1=O. The number of fused-ring (bicyclic) bond motifs is 1. The number of nitrogens with one attached hydrogen (secondary N) is 1. The van der Waals surface area contributed by atoms with Gasteiger partial charge < -0.3 is 9.88 Å². The molecular weight excluding hydrogens is 360 g/mol. The molecule has 0 atom stereocenters. The van der Waals surface area contributed by atoms with E-state index in [1.165, 1.54) is 25.0 Å². The first-order valence-electron chi connectivity index (χ1n) is 8.15. The van der Waals surface area contributed by atoms with Crippen molar-refractivity contribution in [3.05, 3.63) is 57.0 Å². The average molecular weight is 377 g/mol. The number of carbonyl (C=O) groups is 1. The first-order valence-corrected chi connectivity index (χ1v) is 8.15. The number of anilines is 1. The number of carbonyl (C=O) groups excluding carboxylic acids is 1. The molecule has 0 aliphatic rings. The number of benzene rings is 1. The molecule has 0 aliphatic carbocycles. The Morgan fingerprint density at radius 3 is 2.63 bits per heavy atom. The minimum Gasteiger partial charge on any atom is -0.325 e. The highest BCUT2D eigenvalue weighted by atomic mass is 19.1. The Morgan fingerprint density at radius 1 is 1.19 bits per heavy atom. The lowest BCUT2D eigenvalue weighted by atomic mass is 10.2. The van der Waals surface area contributed by atoms with Gasteiger partial charge in [-0.15, -0.1) is 0 Å². The van der Waals surface area contributed by atoms with Gasteiger partial charge >= 0.3 is 5.69 Å². The molecule has 1 amide bonds. The van der Waals surface area contributed by atoms with Crippen LogP contribution >= 0.6 is 0 Å². The second kappa shape index (κ2) is 7.14. The van der Waals surface area contributed by atoms with Gasteiger partial charge in [-0.2, -0.15) is 0 Å². The molecule has 27 heavy (non-hydrogen) atoms. The summed E-state index contributed by atoms with van der Waals surface area (Å²) in [6.45, 7) is 0.309. The summed E-state index contributed by atoms with van der Waals surface area (Å²) in [5.74, 6) is -2.02. The Morgan fingerprint density at radius 2 is 1.93 bits per heavy atom. The van der Waals surface area contributed by atoms with Crippen molar-refractivity contribution in [2.75, 3.05) is 5.32 Å². The Labute approximate surface area is 151 Å². The first-order chi connectivity index (χ1) is 12.8. The smallest absolute Gasteiger partial charge is 0.325 e. The summed E-state index contributed by atoms with van der Waals surface area (Å²) in [7, 11) is 2.90.